The first-order chi connectivity index (χ1) is 9.24. The van der Waals surface area contributed by atoms with Crippen molar-refractivity contribution in [3.05, 3.63) is 40.5 Å². The summed E-state index contributed by atoms with van der Waals surface area (Å²) in [6, 6.07) is 2.81. The fourth-order valence-corrected chi connectivity index (χ4v) is 1.59. The van der Waals surface area contributed by atoms with E-state index in [0.29, 0.717) is 17.1 Å². The lowest BCUT2D eigenvalue weighted by Gasteiger charge is -2.00. The van der Waals surface area contributed by atoms with Crippen LogP contribution in [0.4, 0.5) is 5.69 Å². The zero-order valence-corrected chi connectivity index (χ0v) is 9.46. The zero-order valence-electron chi connectivity index (χ0n) is 9.46. The van der Waals surface area contributed by atoms with E-state index >= 15 is 0 Å². The average Bonchev–Trinajstić information content (AvgIpc) is 3.05. The van der Waals surface area contributed by atoms with Crippen LogP contribution in [-0.2, 0) is 0 Å². The van der Waals surface area contributed by atoms with E-state index in [1.165, 1.54) is 35.8 Å². The van der Waals surface area contributed by atoms with Gasteiger partial charge in [0.2, 0.25) is 6.79 Å². The second-order valence-electron chi connectivity index (χ2n) is 3.58. The topological polar surface area (TPSA) is 105 Å². The van der Waals surface area contributed by atoms with Crippen LogP contribution < -0.4 is 9.47 Å². The van der Waals surface area contributed by atoms with Crippen LogP contribution in [0.5, 0.6) is 11.5 Å². The highest BCUT2D eigenvalue weighted by molar-refractivity contribution is 5.87. The molecule has 0 unspecified atom stereocenters. The quantitative estimate of drug-likeness (QED) is 0.459. The SMILES string of the molecule is O=[N+]([O-])c1cc2c(cc1C=Nn1cncn1)OCO2. The van der Waals surface area contributed by atoms with Gasteiger partial charge in [-0.2, -0.15) is 5.10 Å². The lowest BCUT2D eigenvalue weighted by atomic mass is 10.1. The summed E-state index contributed by atoms with van der Waals surface area (Å²) in [7, 11) is 0. The van der Waals surface area contributed by atoms with E-state index in [-0.39, 0.29) is 12.5 Å². The predicted octanol–water partition coefficient (Wildman–Crippen LogP) is 0.797. The van der Waals surface area contributed by atoms with Crippen LogP contribution >= 0.6 is 0 Å². The average molecular weight is 261 g/mol. The number of fused-ring (bicyclic) bond motifs is 1. The molecule has 1 aromatic heterocycles. The number of rotatable bonds is 3. The summed E-state index contributed by atoms with van der Waals surface area (Å²) in [5, 5.41) is 18.7. The second-order valence-corrected chi connectivity index (χ2v) is 3.58. The molecular formula is C10H7N5O4. The Morgan fingerprint density at radius 2 is 2.21 bits per heavy atom. The van der Waals surface area contributed by atoms with E-state index in [2.05, 4.69) is 15.2 Å². The van der Waals surface area contributed by atoms with Crippen LogP contribution in [0.2, 0.25) is 0 Å². The lowest BCUT2D eigenvalue weighted by molar-refractivity contribution is -0.385. The Kier molecular flexibility index (Phi) is 2.56. The zero-order chi connectivity index (χ0) is 13.2. The number of benzene rings is 1. The first-order valence-electron chi connectivity index (χ1n) is 5.21. The van der Waals surface area contributed by atoms with Crippen molar-refractivity contribution < 1.29 is 14.4 Å². The lowest BCUT2D eigenvalue weighted by Crippen LogP contribution is -1.97. The van der Waals surface area contributed by atoms with Crippen molar-refractivity contribution in [2.45, 2.75) is 0 Å². The van der Waals surface area contributed by atoms with Gasteiger partial charge in [0.25, 0.3) is 5.69 Å². The van der Waals surface area contributed by atoms with Gasteiger partial charge in [0.15, 0.2) is 11.5 Å². The highest BCUT2D eigenvalue weighted by atomic mass is 16.7. The van der Waals surface area contributed by atoms with Crippen molar-refractivity contribution >= 4 is 11.9 Å². The van der Waals surface area contributed by atoms with E-state index in [1.807, 2.05) is 0 Å². The van der Waals surface area contributed by atoms with Crippen molar-refractivity contribution in [2.24, 2.45) is 5.10 Å². The Morgan fingerprint density at radius 1 is 1.42 bits per heavy atom. The van der Waals surface area contributed by atoms with Gasteiger partial charge in [-0.1, -0.05) is 0 Å². The number of nitro groups is 1. The molecule has 0 atom stereocenters. The molecule has 9 nitrogen and oxygen atoms in total. The number of hydrogen-bond donors (Lipinski definition) is 0. The molecule has 96 valence electrons. The molecular weight excluding hydrogens is 254 g/mol. The van der Waals surface area contributed by atoms with E-state index < -0.39 is 4.92 Å². The van der Waals surface area contributed by atoms with Gasteiger partial charge in [0.05, 0.1) is 22.8 Å². The molecule has 2 aromatic rings. The minimum Gasteiger partial charge on any atom is -0.454 e. The molecule has 0 saturated heterocycles. The summed E-state index contributed by atoms with van der Waals surface area (Å²) < 4.78 is 10.3. The molecule has 0 radical (unpaired) electrons. The molecule has 0 saturated carbocycles. The molecule has 2 heterocycles. The number of aromatic nitrogens is 3. The summed E-state index contributed by atoms with van der Waals surface area (Å²) in [6.45, 7) is 0.0517. The van der Waals surface area contributed by atoms with Crippen LogP contribution in [0.15, 0.2) is 29.9 Å². The smallest absolute Gasteiger partial charge is 0.282 e. The molecule has 0 fully saturated rings. The second kappa shape index (κ2) is 4.37. The Labute approximate surface area is 106 Å². The molecule has 1 aliphatic rings. The standard InChI is InChI=1S/C10H7N5O4/c16-15(17)8-2-10-9(18-6-19-10)1-7(8)3-12-14-5-11-4-13-14/h1-5H,6H2. The molecule has 0 N–H and O–H groups in total. The molecule has 3 rings (SSSR count). The van der Waals surface area contributed by atoms with Crippen LogP contribution in [0.25, 0.3) is 0 Å². The van der Waals surface area contributed by atoms with Crippen LogP contribution in [0, 0.1) is 10.1 Å². The monoisotopic (exact) mass is 261 g/mol. The predicted molar refractivity (Wildman–Crippen MR) is 62.2 cm³/mol. The summed E-state index contributed by atoms with van der Waals surface area (Å²) in [5.74, 6) is 0.801. The molecule has 0 aliphatic carbocycles. The fraction of sp³-hybridized carbons (Fsp3) is 0.100. The normalized spacial score (nSPS) is 13.1. The number of ether oxygens (including phenoxy) is 2. The van der Waals surface area contributed by atoms with Gasteiger partial charge in [0, 0.05) is 0 Å². The Bertz CT molecular complexity index is 652. The minimum absolute atomic E-state index is 0.0517. The Morgan fingerprint density at radius 3 is 2.89 bits per heavy atom. The highest BCUT2D eigenvalue weighted by Gasteiger charge is 2.22. The third-order valence-corrected chi connectivity index (χ3v) is 2.44. The van der Waals surface area contributed by atoms with Gasteiger partial charge >= 0.3 is 0 Å². The van der Waals surface area contributed by atoms with Gasteiger partial charge in [-0.15, -0.1) is 9.89 Å². The van der Waals surface area contributed by atoms with Gasteiger partial charge in [-0.25, -0.2) is 4.98 Å². The summed E-state index contributed by atoms with van der Waals surface area (Å²) in [6.07, 6.45) is 4.00. The van der Waals surface area contributed by atoms with Crippen LogP contribution in [-0.4, -0.2) is 32.8 Å². The maximum absolute atomic E-state index is 11.0. The maximum atomic E-state index is 11.0. The molecule has 1 aliphatic heterocycles. The van der Waals surface area contributed by atoms with Crippen molar-refractivity contribution in [3.63, 3.8) is 0 Å². The van der Waals surface area contributed by atoms with Gasteiger partial charge in [0.1, 0.15) is 12.7 Å². The van der Waals surface area contributed by atoms with Crippen molar-refractivity contribution in [2.75, 3.05) is 6.79 Å². The summed E-state index contributed by atoms with van der Waals surface area (Å²) in [4.78, 5) is 15.4. The van der Waals surface area contributed by atoms with E-state index in [9.17, 15) is 10.1 Å². The van der Waals surface area contributed by atoms with E-state index in [4.69, 9.17) is 9.47 Å². The molecule has 9 heteroatoms. The first-order valence-corrected chi connectivity index (χ1v) is 5.21. The van der Waals surface area contributed by atoms with Crippen LogP contribution in [0.3, 0.4) is 0 Å². The fourth-order valence-electron chi connectivity index (χ4n) is 1.59. The van der Waals surface area contributed by atoms with Gasteiger partial charge in [-0.05, 0) is 6.07 Å². The third kappa shape index (κ3) is 2.08. The number of nitro benzene ring substituents is 1. The largest absolute Gasteiger partial charge is 0.454 e. The Balaban J connectivity index is 2.02. The maximum Gasteiger partial charge on any atom is 0.282 e. The molecule has 19 heavy (non-hydrogen) atoms. The Hall–Kier alpha value is -2.97. The van der Waals surface area contributed by atoms with Gasteiger partial charge in [-0.3, -0.25) is 10.1 Å². The number of nitrogens with zero attached hydrogens (tertiary/aromatic N) is 5. The molecule has 1 aromatic carbocycles. The van der Waals surface area contributed by atoms with Crippen LogP contribution in [0.1, 0.15) is 5.56 Å². The minimum atomic E-state index is -0.509. The third-order valence-electron chi connectivity index (χ3n) is 2.44. The van der Waals surface area contributed by atoms with Crippen molar-refractivity contribution in [1.29, 1.82) is 0 Å². The van der Waals surface area contributed by atoms with E-state index in [0.717, 1.165) is 0 Å². The van der Waals surface area contributed by atoms with E-state index in [1.54, 1.807) is 0 Å². The summed E-state index contributed by atoms with van der Waals surface area (Å²) >= 11 is 0. The first kappa shape index (κ1) is 11.1. The van der Waals surface area contributed by atoms with Gasteiger partial charge < -0.3 is 9.47 Å². The highest BCUT2D eigenvalue weighted by Crippen LogP contribution is 2.37. The van der Waals surface area contributed by atoms with Crippen molar-refractivity contribution in [3.8, 4) is 11.5 Å². The molecule has 0 amide bonds. The van der Waals surface area contributed by atoms with Crippen molar-refractivity contribution in [1.82, 2.24) is 14.9 Å². The summed E-state index contributed by atoms with van der Waals surface area (Å²) in [5.41, 5.74) is 0.179. The number of hydrogen-bond acceptors (Lipinski definition) is 7. The molecule has 0 spiro atoms. The molecule has 0 bridgehead atoms.